The largest absolute Gasteiger partial charge is 0.320 e. The predicted octanol–water partition coefficient (Wildman–Crippen LogP) is 0.831. The quantitative estimate of drug-likeness (QED) is 0.837. The molecule has 0 bridgehead atoms. The lowest BCUT2D eigenvalue weighted by Crippen LogP contribution is -2.39. The number of thiophene rings is 1. The molecule has 1 aromatic rings. The maximum absolute atomic E-state index is 12.3. The van der Waals surface area contributed by atoms with Gasteiger partial charge in [0.2, 0.25) is 0 Å². The van der Waals surface area contributed by atoms with Gasteiger partial charge in [0.05, 0.1) is 11.4 Å². The summed E-state index contributed by atoms with van der Waals surface area (Å²) in [5, 5.41) is 1.94. The molecule has 0 saturated carbocycles. The Hall–Kier alpha value is -0.910. The molecule has 0 spiro atoms. The van der Waals surface area contributed by atoms with E-state index in [0.29, 0.717) is 26.2 Å². The van der Waals surface area contributed by atoms with E-state index in [0.717, 1.165) is 23.3 Å². The molecule has 0 atom stereocenters. The first kappa shape index (κ1) is 15.5. The van der Waals surface area contributed by atoms with E-state index in [4.69, 9.17) is 5.73 Å². The Morgan fingerprint density at radius 1 is 1.45 bits per heavy atom. The summed E-state index contributed by atoms with van der Waals surface area (Å²) in [5.41, 5.74) is 6.29. The molecule has 0 amide bonds. The third kappa shape index (κ3) is 3.59. The van der Waals surface area contributed by atoms with Crippen LogP contribution in [0.2, 0.25) is 0 Å². The van der Waals surface area contributed by atoms with Gasteiger partial charge in [-0.3, -0.25) is 0 Å². The number of hydrogen-bond acceptors (Lipinski definition) is 4. The highest BCUT2D eigenvalue weighted by Gasteiger charge is 2.29. The smallest absolute Gasteiger partial charge is 0.282 e. The van der Waals surface area contributed by atoms with Crippen LogP contribution in [0.3, 0.4) is 0 Å². The molecule has 1 aliphatic heterocycles. The SMILES string of the molecule is CN(Cc1csc(C#CCN)c1)S(=O)(=O)N1CCCC1. The maximum Gasteiger partial charge on any atom is 0.282 e. The molecule has 0 aromatic carbocycles. The van der Waals surface area contributed by atoms with Crippen molar-refractivity contribution in [2.75, 3.05) is 26.7 Å². The topological polar surface area (TPSA) is 66.6 Å². The monoisotopic (exact) mass is 313 g/mol. The normalized spacial score (nSPS) is 16.4. The van der Waals surface area contributed by atoms with Gasteiger partial charge >= 0.3 is 0 Å². The van der Waals surface area contributed by atoms with Crippen LogP contribution >= 0.6 is 11.3 Å². The van der Waals surface area contributed by atoms with Crippen molar-refractivity contribution in [3.05, 3.63) is 21.9 Å². The van der Waals surface area contributed by atoms with Crippen molar-refractivity contribution in [2.24, 2.45) is 5.73 Å². The lowest BCUT2D eigenvalue weighted by atomic mass is 10.3. The van der Waals surface area contributed by atoms with E-state index in [9.17, 15) is 8.42 Å². The second-order valence-electron chi connectivity index (χ2n) is 4.70. The zero-order chi connectivity index (χ0) is 14.6. The minimum Gasteiger partial charge on any atom is -0.320 e. The van der Waals surface area contributed by atoms with Crippen LogP contribution in [-0.4, -0.2) is 43.7 Å². The van der Waals surface area contributed by atoms with E-state index >= 15 is 0 Å². The van der Waals surface area contributed by atoms with E-state index in [-0.39, 0.29) is 0 Å². The van der Waals surface area contributed by atoms with Crippen molar-refractivity contribution in [3.8, 4) is 11.8 Å². The number of hydrogen-bond donors (Lipinski definition) is 1. The van der Waals surface area contributed by atoms with Gasteiger partial charge in [0.1, 0.15) is 0 Å². The zero-order valence-corrected chi connectivity index (χ0v) is 13.1. The van der Waals surface area contributed by atoms with Crippen LogP contribution in [0, 0.1) is 11.8 Å². The molecule has 2 heterocycles. The first-order chi connectivity index (χ1) is 9.54. The molecule has 0 unspecified atom stereocenters. The molecule has 1 saturated heterocycles. The minimum absolute atomic E-state index is 0.330. The van der Waals surface area contributed by atoms with Gasteiger partial charge in [-0.1, -0.05) is 11.8 Å². The standard InChI is InChI=1S/C13H19N3O2S2/c1-15(20(17,18)16-7-2-3-8-16)10-12-9-13(19-11-12)5-4-6-14/h9,11H,2-3,6-8,10,14H2,1H3. The molecular formula is C13H19N3O2S2. The highest BCUT2D eigenvalue weighted by atomic mass is 32.2. The van der Waals surface area contributed by atoms with Crippen molar-refractivity contribution < 1.29 is 8.42 Å². The fraction of sp³-hybridized carbons (Fsp3) is 0.538. The van der Waals surface area contributed by atoms with Gasteiger partial charge in [-0.15, -0.1) is 11.3 Å². The Kier molecular flexibility index (Phi) is 5.18. The van der Waals surface area contributed by atoms with Crippen molar-refractivity contribution in [2.45, 2.75) is 19.4 Å². The molecule has 1 aliphatic rings. The molecule has 0 aliphatic carbocycles. The number of rotatable bonds is 4. The molecule has 1 aromatic heterocycles. The fourth-order valence-corrected chi connectivity index (χ4v) is 4.31. The van der Waals surface area contributed by atoms with Crippen LogP contribution in [-0.2, 0) is 16.8 Å². The van der Waals surface area contributed by atoms with E-state index in [2.05, 4.69) is 11.8 Å². The van der Waals surface area contributed by atoms with E-state index in [1.54, 1.807) is 11.4 Å². The third-order valence-electron chi connectivity index (χ3n) is 3.16. The van der Waals surface area contributed by atoms with Crippen LogP contribution in [0.1, 0.15) is 23.3 Å². The van der Waals surface area contributed by atoms with E-state index in [1.807, 2.05) is 11.4 Å². The van der Waals surface area contributed by atoms with Gasteiger partial charge < -0.3 is 5.73 Å². The van der Waals surface area contributed by atoms with Gasteiger partial charge in [-0.2, -0.15) is 17.0 Å². The average molecular weight is 313 g/mol. The second-order valence-corrected chi connectivity index (χ2v) is 7.64. The van der Waals surface area contributed by atoms with Gasteiger partial charge in [0.25, 0.3) is 10.2 Å². The molecule has 7 heteroatoms. The molecule has 2 rings (SSSR count). The third-order valence-corrected chi connectivity index (χ3v) is 5.99. The van der Waals surface area contributed by atoms with E-state index in [1.165, 1.54) is 15.6 Å². The van der Waals surface area contributed by atoms with Crippen molar-refractivity contribution >= 4 is 21.5 Å². The predicted molar refractivity (Wildman–Crippen MR) is 81.4 cm³/mol. The van der Waals surface area contributed by atoms with Gasteiger partial charge in [-0.05, 0) is 29.9 Å². The minimum atomic E-state index is -3.33. The summed E-state index contributed by atoms with van der Waals surface area (Å²) in [6, 6.07) is 1.92. The summed E-state index contributed by atoms with van der Waals surface area (Å²) in [5.74, 6) is 5.75. The van der Waals surface area contributed by atoms with E-state index < -0.39 is 10.2 Å². The molecule has 2 N–H and O–H groups in total. The number of nitrogens with zero attached hydrogens (tertiary/aromatic N) is 2. The van der Waals surface area contributed by atoms with Crippen molar-refractivity contribution in [1.29, 1.82) is 0 Å². The zero-order valence-electron chi connectivity index (χ0n) is 11.5. The lowest BCUT2D eigenvalue weighted by Gasteiger charge is -2.23. The molecule has 0 radical (unpaired) electrons. The lowest BCUT2D eigenvalue weighted by molar-refractivity contribution is 0.392. The Balaban J connectivity index is 2.03. The molecule has 110 valence electrons. The summed E-state index contributed by atoms with van der Waals surface area (Å²) in [6.45, 7) is 1.96. The molecule has 1 fully saturated rings. The summed E-state index contributed by atoms with van der Waals surface area (Å²) in [7, 11) is -1.71. The van der Waals surface area contributed by atoms with Crippen LogP contribution in [0.15, 0.2) is 11.4 Å². The highest BCUT2D eigenvalue weighted by Crippen LogP contribution is 2.20. The average Bonchev–Trinajstić information content (AvgIpc) is 3.07. The first-order valence-electron chi connectivity index (χ1n) is 6.52. The molecular weight excluding hydrogens is 294 g/mol. The Morgan fingerprint density at radius 3 is 2.80 bits per heavy atom. The van der Waals surface area contributed by atoms with Crippen LogP contribution in [0.4, 0.5) is 0 Å². The van der Waals surface area contributed by atoms with Crippen molar-refractivity contribution in [1.82, 2.24) is 8.61 Å². The molecule has 20 heavy (non-hydrogen) atoms. The fourth-order valence-electron chi connectivity index (χ4n) is 2.12. The summed E-state index contributed by atoms with van der Waals surface area (Å²) < 4.78 is 27.6. The highest BCUT2D eigenvalue weighted by molar-refractivity contribution is 7.86. The summed E-state index contributed by atoms with van der Waals surface area (Å²) in [6.07, 6.45) is 1.90. The summed E-state index contributed by atoms with van der Waals surface area (Å²) in [4.78, 5) is 0.914. The maximum atomic E-state index is 12.3. The van der Waals surface area contributed by atoms with Crippen molar-refractivity contribution in [3.63, 3.8) is 0 Å². The van der Waals surface area contributed by atoms with Gasteiger partial charge in [0, 0.05) is 26.7 Å². The van der Waals surface area contributed by atoms with Crippen LogP contribution < -0.4 is 5.73 Å². The Bertz CT molecular complexity index is 607. The second kappa shape index (κ2) is 6.70. The van der Waals surface area contributed by atoms with Gasteiger partial charge in [0.15, 0.2) is 0 Å². The molecule has 5 nitrogen and oxygen atoms in total. The van der Waals surface area contributed by atoms with Crippen LogP contribution in [0.5, 0.6) is 0 Å². The summed E-state index contributed by atoms with van der Waals surface area (Å²) >= 11 is 1.51. The van der Waals surface area contributed by atoms with Gasteiger partial charge in [-0.25, -0.2) is 0 Å². The Labute approximate surface area is 124 Å². The Morgan fingerprint density at radius 2 is 2.15 bits per heavy atom. The number of nitrogens with two attached hydrogens (primary N) is 1. The van der Waals surface area contributed by atoms with Crippen LogP contribution in [0.25, 0.3) is 0 Å². The first-order valence-corrected chi connectivity index (χ1v) is 8.79.